The Hall–Kier alpha value is -2.17. The van der Waals surface area contributed by atoms with Crippen LogP contribution in [0.1, 0.15) is 71.1 Å². The van der Waals surface area contributed by atoms with Gasteiger partial charge in [-0.3, -0.25) is 4.57 Å². The Kier molecular flexibility index (Phi) is 26.9. The molecule has 32 heavy (non-hydrogen) atoms. The highest BCUT2D eigenvalue weighted by atomic mass is 31.2. The third-order valence-electron chi connectivity index (χ3n) is 3.76. The molecule has 0 saturated carbocycles. The van der Waals surface area contributed by atoms with E-state index in [0.29, 0.717) is 6.61 Å². The van der Waals surface area contributed by atoms with E-state index in [1.807, 2.05) is 0 Å². The molecular weight excluding hydrogens is 427 g/mol. The van der Waals surface area contributed by atoms with Gasteiger partial charge in [0, 0.05) is 13.7 Å². The van der Waals surface area contributed by atoms with Crippen molar-refractivity contribution >= 4 is 7.82 Å². The summed E-state index contributed by atoms with van der Waals surface area (Å²) in [5.41, 5.74) is 0. The minimum absolute atomic E-state index is 0.187. The van der Waals surface area contributed by atoms with Gasteiger partial charge in [-0.25, -0.2) is 0 Å². The van der Waals surface area contributed by atoms with Gasteiger partial charge in [0.05, 0.1) is 6.61 Å². The lowest BCUT2D eigenvalue weighted by molar-refractivity contribution is -0.223. The van der Waals surface area contributed by atoms with E-state index < -0.39 is 7.82 Å². The van der Waals surface area contributed by atoms with Gasteiger partial charge in [-0.05, 0) is 67.1 Å². The van der Waals surface area contributed by atoms with Crippen LogP contribution in [0.25, 0.3) is 0 Å². The molecule has 0 aromatic rings. The van der Waals surface area contributed by atoms with E-state index in [1.54, 1.807) is 6.92 Å². The molecule has 0 aliphatic carbocycles. The molecule has 0 spiro atoms. The molecule has 0 aromatic carbocycles. The first-order valence-corrected chi connectivity index (χ1v) is 12.1. The zero-order valence-electron chi connectivity index (χ0n) is 19.2. The van der Waals surface area contributed by atoms with Gasteiger partial charge in [0.25, 0.3) is 7.82 Å². The number of hydrogen-bond acceptors (Lipinski definition) is 6. The van der Waals surface area contributed by atoms with Crippen LogP contribution in [0.15, 0.2) is 0 Å². The largest absolute Gasteiger partial charge is 0.756 e. The van der Waals surface area contributed by atoms with Crippen molar-refractivity contribution < 1.29 is 28.7 Å². The molecule has 0 bridgehead atoms. The Bertz CT molecular complexity index is 809. The van der Waals surface area contributed by atoms with Crippen LogP contribution in [0.5, 0.6) is 0 Å². The Morgan fingerprint density at radius 2 is 1.16 bits per heavy atom. The molecule has 0 rings (SSSR count). The van der Waals surface area contributed by atoms with Gasteiger partial charge >= 0.3 is 0 Å². The smallest absolute Gasteiger partial charge is 0.267 e. The number of phosphoric ester groups is 1. The van der Waals surface area contributed by atoms with Crippen LogP contribution in [0.3, 0.4) is 0 Å². The summed E-state index contributed by atoms with van der Waals surface area (Å²) in [6, 6.07) is 0. The third-order valence-corrected chi connectivity index (χ3v) is 4.70. The molecular formula is C25H34O6P-. The van der Waals surface area contributed by atoms with Crippen LogP contribution in [-0.2, 0) is 13.6 Å². The molecule has 6 nitrogen and oxygen atoms in total. The topological polar surface area (TPSA) is 99.1 Å². The summed E-state index contributed by atoms with van der Waals surface area (Å²) >= 11 is 0. The summed E-state index contributed by atoms with van der Waals surface area (Å²) in [5, 5.41) is 16.9. The second kappa shape index (κ2) is 26.9. The maximum atomic E-state index is 10.8. The van der Waals surface area contributed by atoms with E-state index in [9.17, 15) is 9.46 Å². The number of phosphoric acid groups is 1. The molecule has 1 unspecified atom stereocenters. The Morgan fingerprint density at radius 3 is 1.59 bits per heavy atom. The highest BCUT2D eigenvalue weighted by molar-refractivity contribution is 7.45. The summed E-state index contributed by atoms with van der Waals surface area (Å²) in [5.74, 6) is 24.7. The predicted octanol–water partition coefficient (Wildman–Crippen LogP) is 3.03. The van der Waals surface area contributed by atoms with Gasteiger partial charge in [0.2, 0.25) is 0 Å². The van der Waals surface area contributed by atoms with Gasteiger partial charge in [-0.1, -0.05) is 63.2 Å². The van der Waals surface area contributed by atoms with Crippen LogP contribution < -0.4 is 4.89 Å². The first kappa shape index (κ1) is 32.0. The van der Waals surface area contributed by atoms with Crippen LogP contribution in [0.2, 0.25) is 0 Å². The standard InChI is InChI=1S/C13H29O5P.C12H6O/c1-17-19(15,16)18-13-11-9-7-5-3-2-4-6-8-10-12-14;1-2-3-4-5-6-7-8-9-10-11-12-13/h14H,2-13H2,1H3,(H,15,16);13H,12H2,1H3/p-1. The number of aliphatic hydroxyl groups excluding tert-OH is 2. The quantitative estimate of drug-likeness (QED) is 0.234. The van der Waals surface area contributed by atoms with Gasteiger partial charge in [-0.15, -0.1) is 0 Å². The van der Waals surface area contributed by atoms with Crippen molar-refractivity contribution in [1.29, 1.82) is 0 Å². The Morgan fingerprint density at radius 1 is 0.719 bits per heavy atom. The molecule has 0 heterocycles. The molecule has 1 atom stereocenters. The number of hydrogen-bond donors (Lipinski definition) is 2. The second-order valence-electron chi connectivity index (χ2n) is 6.31. The maximum Gasteiger partial charge on any atom is 0.267 e. The second-order valence-corrected chi connectivity index (χ2v) is 7.82. The van der Waals surface area contributed by atoms with E-state index in [4.69, 9.17) is 10.2 Å². The summed E-state index contributed by atoms with van der Waals surface area (Å²) in [7, 11) is -2.92. The van der Waals surface area contributed by atoms with Crippen LogP contribution in [-0.4, -0.2) is 37.1 Å². The lowest BCUT2D eigenvalue weighted by Crippen LogP contribution is -2.06. The minimum atomic E-state index is -4.02. The zero-order chi connectivity index (χ0) is 24.2. The van der Waals surface area contributed by atoms with Crippen molar-refractivity contribution in [2.75, 3.05) is 26.9 Å². The van der Waals surface area contributed by atoms with Crippen molar-refractivity contribution in [3.05, 3.63) is 0 Å². The average Bonchev–Trinajstić information content (AvgIpc) is 2.79. The monoisotopic (exact) mass is 461 g/mol. The van der Waals surface area contributed by atoms with E-state index >= 15 is 0 Å². The molecule has 176 valence electrons. The highest BCUT2D eigenvalue weighted by Crippen LogP contribution is 2.36. The van der Waals surface area contributed by atoms with Crippen molar-refractivity contribution in [1.82, 2.24) is 0 Å². The molecule has 0 aromatic heterocycles. The summed E-state index contributed by atoms with van der Waals surface area (Å²) in [6.45, 7) is 2.04. The normalized spacial score (nSPS) is 10.4. The maximum absolute atomic E-state index is 10.8. The lowest BCUT2D eigenvalue weighted by atomic mass is 10.1. The van der Waals surface area contributed by atoms with Crippen molar-refractivity contribution in [2.45, 2.75) is 71.1 Å². The van der Waals surface area contributed by atoms with Crippen molar-refractivity contribution in [3.8, 4) is 59.2 Å². The molecule has 0 fully saturated rings. The fourth-order valence-corrected chi connectivity index (χ4v) is 2.65. The molecule has 0 aliphatic rings. The third kappa shape index (κ3) is 30.0. The lowest BCUT2D eigenvalue weighted by Gasteiger charge is -2.19. The predicted molar refractivity (Wildman–Crippen MR) is 125 cm³/mol. The van der Waals surface area contributed by atoms with E-state index in [-0.39, 0.29) is 13.2 Å². The molecule has 2 N–H and O–H groups in total. The average molecular weight is 462 g/mol. The first-order chi connectivity index (χ1) is 15.5. The molecule has 0 amide bonds. The summed E-state index contributed by atoms with van der Waals surface area (Å²) in [4.78, 5) is 10.8. The molecule has 0 aliphatic heterocycles. The Labute approximate surface area is 194 Å². The van der Waals surface area contributed by atoms with Crippen molar-refractivity contribution in [2.24, 2.45) is 0 Å². The highest BCUT2D eigenvalue weighted by Gasteiger charge is 2.04. The SMILES string of the molecule is CC#CC#CC#CC#CC#CCO.COP(=O)([O-])OCCCCCCCCCCCCO. The summed E-state index contributed by atoms with van der Waals surface area (Å²) < 4.78 is 19.7. The first-order valence-electron chi connectivity index (χ1n) is 10.7. The van der Waals surface area contributed by atoms with Crippen LogP contribution in [0, 0.1) is 59.2 Å². The van der Waals surface area contributed by atoms with Crippen LogP contribution in [0.4, 0.5) is 0 Å². The number of rotatable bonds is 14. The van der Waals surface area contributed by atoms with E-state index in [0.717, 1.165) is 39.2 Å². The zero-order valence-corrected chi connectivity index (χ0v) is 20.1. The van der Waals surface area contributed by atoms with Crippen LogP contribution >= 0.6 is 7.82 Å². The number of unbranched alkanes of at least 4 members (excludes halogenated alkanes) is 9. The number of aliphatic hydroxyl groups is 2. The summed E-state index contributed by atoms with van der Waals surface area (Å²) in [6.07, 6.45) is 11.1. The molecule has 7 heteroatoms. The molecule has 0 saturated heterocycles. The fourth-order valence-electron chi connectivity index (χ4n) is 2.19. The van der Waals surface area contributed by atoms with Gasteiger partial charge < -0.3 is 24.2 Å². The Balaban J connectivity index is 0. The van der Waals surface area contributed by atoms with E-state index in [2.05, 4.69) is 68.3 Å². The van der Waals surface area contributed by atoms with E-state index in [1.165, 1.54) is 32.1 Å². The van der Waals surface area contributed by atoms with Crippen molar-refractivity contribution in [3.63, 3.8) is 0 Å². The van der Waals surface area contributed by atoms with Gasteiger partial charge in [0.1, 0.15) is 6.61 Å². The molecule has 0 radical (unpaired) electrons. The fraction of sp³-hybridized carbons (Fsp3) is 0.600. The minimum Gasteiger partial charge on any atom is -0.756 e. The van der Waals surface area contributed by atoms with Gasteiger partial charge in [0.15, 0.2) is 0 Å². The van der Waals surface area contributed by atoms with Gasteiger partial charge in [-0.2, -0.15) is 0 Å².